The minimum absolute atomic E-state index is 0.0403. The van der Waals surface area contributed by atoms with E-state index in [0.717, 1.165) is 0 Å². The second-order valence-corrected chi connectivity index (χ2v) is 5.78. The number of aliphatic carboxylic acids is 1. The van der Waals surface area contributed by atoms with E-state index in [4.69, 9.17) is 5.11 Å². The summed E-state index contributed by atoms with van der Waals surface area (Å²) in [4.78, 5) is 26.5. The van der Waals surface area contributed by atoms with Gasteiger partial charge in [-0.15, -0.1) is 6.58 Å². The smallest absolute Gasteiger partial charge is 0.320 e. The zero-order chi connectivity index (χ0) is 15.2. The zero-order valence-electron chi connectivity index (χ0n) is 12.6. The maximum atomic E-state index is 12.5. The van der Waals surface area contributed by atoms with Crippen LogP contribution in [0.25, 0.3) is 0 Å². The molecule has 5 heteroatoms. The number of rotatable bonds is 6. The first-order valence-electron chi connectivity index (χ1n) is 6.52. The van der Waals surface area contributed by atoms with E-state index in [0.29, 0.717) is 6.54 Å². The molecule has 0 aliphatic heterocycles. The van der Waals surface area contributed by atoms with Gasteiger partial charge in [-0.3, -0.25) is 4.79 Å². The van der Waals surface area contributed by atoms with Gasteiger partial charge in [0.2, 0.25) is 0 Å². The van der Waals surface area contributed by atoms with Crippen LogP contribution in [-0.4, -0.2) is 51.6 Å². The molecule has 0 fully saturated rings. The molecule has 0 atom stereocenters. The quantitative estimate of drug-likeness (QED) is 0.755. The minimum Gasteiger partial charge on any atom is -0.481 e. The first kappa shape index (κ1) is 17.5. The number of carbonyl (C=O) groups excluding carboxylic acids is 1. The second-order valence-electron chi connectivity index (χ2n) is 5.78. The highest BCUT2D eigenvalue weighted by Gasteiger charge is 2.30. The summed E-state index contributed by atoms with van der Waals surface area (Å²) in [6.07, 6.45) is 1.63. The molecule has 5 nitrogen and oxygen atoms in total. The maximum absolute atomic E-state index is 12.5. The first-order valence-corrected chi connectivity index (χ1v) is 6.52. The standard InChI is InChI=1S/C14H26N2O3/c1-7-9-16(14(4,5)6)13(19)15(11(2)3)10-8-12(17)18/h7,11H,1,8-10H2,2-6H3,(H,17,18). The number of hydrogen-bond acceptors (Lipinski definition) is 2. The first-order chi connectivity index (χ1) is 8.61. The fourth-order valence-electron chi connectivity index (χ4n) is 1.71. The van der Waals surface area contributed by atoms with Crippen molar-refractivity contribution in [2.45, 2.75) is 52.6 Å². The summed E-state index contributed by atoms with van der Waals surface area (Å²) in [7, 11) is 0. The molecule has 110 valence electrons. The summed E-state index contributed by atoms with van der Waals surface area (Å²) < 4.78 is 0. The van der Waals surface area contributed by atoms with Crippen molar-refractivity contribution in [1.29, 1.82) is 0 Å². The van der Waals surface area contributed by atoms with E-state index in [1.54, 1.807) is 15.9 Å². The molecule has 2 amide bonds. The van der Waals surface area contributed by atoms with Gasteiger partial charge in [-0.25, -0.2) is 4.79 Å². The summed E-state index contributed by atoms with van der Waals surface area (Å²) in [5, 5.41) is 8.76. The van der Waals surface area contributed by atoms with Gasteiger partial charge in [0.1, 0.15) is 0 Å². The zero-order valence-corrected chi connectivity index (χ0v) is 12.6. The second kappa shape index (κ2) is 7.16. The lowest BCUT2D eigenvalue weighted by atomic mass is 10.1. The van der Waals surface area contributed by atoms with Crippen molar-refractivity contribution in [3.05, 3.63) is 12.7 Å². The highest BCUT2D eigenvalue weighted by molar-refractivity contribution is 5.76. The van der Waals surface area contributed by atoms with Gasteiger partial charge in [0.15, 0.2) is 0 Å². The Labute approximate surface area is 115 Å². The fraction of sp³-hybridized carbons (Fsp3) is 0.714. The largest absolute Gasteiger partial charge is 0.481 e. The van der Waals surface area contributed by atoms with Crippen LogP contribution in [0.4, 0.5) is 4.79 Å². The van der Waals surface area contributed by atoms with Crippen molar-refractivity contribution in [2.75, 3.05) is 13.1 Å². The number of carboxylic acids is 1. The molecule has 0 aliphatic carbocycles. The van der Waals surface area contributed by atoms with E-state index in [9.17, 15) is 9.59 Å². The molecule has 0 rings (SSSR count). The van der Waals surface area contributed by atoms with Crippen molar-refractivity contribution in [3.8, 4) is 0 Å². The Morgan fingerprint density at radius 1 is 1.32 bits per heavy atom. The molecule has 0 saturated heterocycles. The van der Waals surface area contributed by atoms with Crippen LogP contribution >= 0.6 is 0 Å². The van der Waals surface area contributed by atoms with Crippen LogP contribution in [0.5, 0.6) is 0 Å². The predicted octanol–water partition coefficient (Wildman–Crippen LogP) is 2.58. The Hall–Kier alpha value is -1.52. The SMILES string of the molecule is C=CCN(C(=O)N(CCC(=O)O)C(C)C)C(C)(C)C. The monoisotopic (exact) mass is 270 g/mol. The summed E-state index contributed by atoms with van der Waals surface area (Å²) in [6, 6.07) is -0.190. The topological polar surface area (TPSA) is 60.9 Å². The van der Waals surface area contributed by atoms with E-state index >= 15 is 0 Å². The summed E-state index contributed by atoms with van der Waals surface area (Å²) >= 11 is 0. The molecule has 0 spiro atoms. The summed E-state index contributed by atoms with van der Waals surface area (Å²) in [5.41, 5.74) is -0.332. The van der Waals surface area contributed by atoms with Gasteiger partial charge in [0.25, 0.3) is 0 Å². The Bertz CT molecular complexity index is 332. The molecule has 0 saturated carbocycles. The molecule has 0 bridgehead atoms. The molecule has 0 heterocycles. The minimum atomic E-state index is -0.899. The molecule has 0 radical (unpaired) electrons. The van der Waals surface area contributed by atoms with Crippen molar-refractivity contribution in [3.63, 3.8) is 0 Å². The average Bonchev–Trinajstić information content (AvgIpc) is 2.23. The molecule has 0 aromatic carbocycles. The molecule has 0 aromatic heterocycles. The highest BCUT2D eigenvalue weighted by Crippen LogP contribution is 2.17. The summed E-state index contributed by atoms with van der Waals surface area (Å²) in [6.45, 7) is 13.9. The lowest BCUT2D eigenvalue weighted by Crippen LogP contribution is -2.54. The maximum Gasteiger partial charge on any atom is 0.320 e. The van der Waals surface area contributed by atoms with Gasteiger partial charge < -0.3 is 14.9 Å². The Morgan fingerprint density at radius 3 is 2.16 bits per heavy atom. The van der Waals surface area contributed by atoms with Crippen molar-refractivity contribution < 1.29 is 14.7 Å². The molecule has 0 aromatic rings. The number of nitrogens with zero attached hydrogens (tertiary/aromatic N) is 2. The van der Waals surface area contributed by atoms with Gasteiger partial charge in [0, 0.05) is 24.7 Å². The molecule has 19 heavy (non-hydrogen) atoms. The van der Waals surface area contributed by atoms with Gasteiger partial charge in [-0.1, -0.05) is 6.08 Å². The lowest BCUT2D eigenvalue weighted by molar-refractivity contribution is -0.137. The van der Waals surface area contributed by atoms with Gasteiger partial charge >= 0.3 is 12.0 Å². The molecular weight excluding hydrogens is 244 g/mol. The number of urea groups is 1. The number of hydrogen-bond donors (Lipinski definition) is 1. The van der Waals surface area contributed by atoms with Crippen LogP contribution in [0.1, 0.15) is 41.0 Å². The molecule has 0 aliphatic rings. The van der Waals surface area contributed by atoms with E-state index in [1.165, 1.54) is 0 Å². The highest BCUT2D eigenvalue weighted by atomic mass is 16.4. The number of carboxylic acid groups (broad SMARTS) is 1. The van der Waals surface area contributed by atoms with E-state index in [2.05, 4.69) is 6.58 Å². The third kappa shape index (κ3) is 5.77. The Balaban J connectivity index is 5.03. The Morgan fingerprint density at radius 2 is 1.84 bits per heavy atom. The average molecular weight is 270 g/mol. The van der Waals surface area contributed by atoms with Crippen LogP contribution in [-0.2, 0) is 4.79 Å². The predicted molar refractivity (Wildman–Crippen MR) is 76.1 cm³/mol. The van der Waals surface area contributed by atoms with Crippen molar-refractivity contribution in [2.24, 2.45) is 0 Å². The van der Waals surface area contributed by atoms with Gasteiger partial charge in [0.05, 0.1) is 6.42 Å². The number of amides is 2. The lowest BCUT2D eigenvalue weighted by Gasteiger charge is -2.40. The fourth-order valence-corrected chi connectivity index (χ4v) is 1.71. The van der Waals surface area contributed by atoms with Crippen molar-refractivity contribution >= 4 is 12.0 Å². The van der Waals surface area contributed by atoms with E-state index in [-0.39, 0.29) is 30.6 Å². The van der Waals surface area contributed by atoms with E-state index in [1.807, 2.05) is 34.6 Å². The summed E-state index contributed by atoms with van der Waals surface area (Å²) in [5.74, 6) is -0.899. The third-order valence-corrected chi connectivity index (χ3v) is 2.79. The van der Waals surface area contributed by atoms with Crippen LogP contribution in [0.2, 0.25) is 0 Å². The molecule has 0 unspecified atom stereocenters. The van der Waals surface area contributed by atoms with Crippen LogP contribution < -0.4 is 0 Å². The van der Waals surface area contributed by atoms with Gasteiger partial charge in [-0.2, -0.15) is 0 Å². The molecule has 1 N–H and O–H groups in total. The number of carbonyl (C=O) groups is 2. The normalized spacial score (nSPS) is 11.3. The van der Waals surface area contributed by atoms with Crippen molar-refractivity contribution in [1.82, 2.24) is 9.80 Å². The third-order valence-electron chi connectivity index (χ3n) is 2.79. The van der Waals surface area contributed by atoms with Crippen LogP contribution in [0, 0.1) is 0 Å². The van der Waals surface area contributed by atoms with E-state index < -0.39 is 5.97 Å². The van der Waals surface area contributed by atoms with Gasteiger partial charge in [-0.05, 0) is 34.6 Å². The van der Waals surface area contributed by atoms with Crippen LogP contribution in [0.15, 0.2) is 12.7 Å². The Kier molecular flexibility index (Phi) is 6.59. The van der Waals surface area contributed by atoms with Crippen LogP contribution in [0.3, 0.4) is 0 Å². The molecular formula is C14H26N2O3.